The highest BCUT2D eigenvalue weighted by atomic mass is 16.5. The fourth-order valence-corrected chi connectivity index (χ4v) is 2.43. The van der Waals surface area contributed by atoms with Gasteiger partial charge < -0.3 is 14.6 Å². The Hall–Kier alpha value is -1.51. The number of benzene rings is 1. The van der Waals surface area contributed by atoms with Gasteiger partial charge >= 0.3 is 0 Å². The van der Waals surface area contributed by atoms with Gasteiger partial charge in [-0.05, 0) is 41.7 Å². The Morgan fingerprint density at radius 2 is 1.65 bits per heavy atom. The third-order valence-corrected chi connectivity index (χ3v) is 5.16. The van der Waals surface area contributed by atoms with Crippen molar-refractivity contribution >= 4 is 5.97 Å². The van der Waals surface area contributed by atoms with Crippen LogP contribution in [0.3, 0.4) is 0 Å². The summed E-state index contributed by atoms with van der Waals surface area (Å²) in [6.45, 7) is 14.9. The first-order valence-electron chi connectivity index (χ1n) is 8.61. The monoisotopic (exact) mass is 319 g/mol. The molecule has 1 rings (SSSR count). The molecule has 23 heavy (non-hydrogen) atoms. The van der Waals surface area contributed by atoms with Crippen molar-refractivity contribution in [2.75, 3.05) is 0 Å². The van der Waals surface area contributed by atoms with Crippen LogP contribution in [-0.4, -0.2) is 12.1 Å². The highest BCUT2D eigenvalue weighted by Crippen LogP contribution is 2.38. The van der Waals surface area contributed by atoms with E-state index in [0.29, 0.717) is 12.2 Å². The molecule has 0 amide bonds. The van der Waals surface area contributed by atoms with E-state index >= 15 is 0 Å². The van der Waals surface area contributed by atoms with Crippen molar-refractivity contribution in [2.45, 2.75) is 84.7 Å². The Balaban J connectivity index is 3.38. The Labute approximate surface area is 141 Å². The number of carboxylic acid groups (broad SMARTS) is 1. The van der Waals surface area contributed by atoms with Gasteiger partial charge in [-0.1, -0.05) is 60.6 Å². The third kappa shape index (κ3) is 4.49. The van der Waals surface area contributed by atoms with Crippen LogP contribution >= 0.6 is 0 Å². The minimum atomic E-state index is -1.16. The van der Waals surface area contributed by atoms with Crippen LogP contribution in [0.4, 0.5) is 0 Å². The van der Waals surface area contributed by atoms with Gasteiger partial charge in [0.25, 0.3) is 0 Å². The average molecular weight is 319 g/mol. The van der Waals surface area contributed by atoms with E-state index in [9.17, 15) is 9.90 Å². The lowest BCUT2D eigenvalue weighted by atomic mass is 9.76. The van der Waals surface area contributed by atoms with Crippen molar-refractivity contribution in [3.63, 3.8) is 0 Å². The Bertz CT molecular complexity index is 544. The van der Waals surface area contributed by atoms with Gasteiger partial charge in [0.2, 0.25) is 0 Å². The maximum atomic E-state index is 11.2. The van der Waals surface area contributed by atoms with E-state index in [1.54, 1.807) is 6.92 Å². The average Bonchev–Trinajstić information content (AvgIpc) is 2.51. The van der Waals surface area contributed by atoms with Crippen LogP contribution in [-0.2, 0) is 15.6 Å². The van der Waals surface area contributed by atoms with Gasteiger partial charge in [-0.25, -0.2) is 0 Å². The van der Waals surface area contributed by atoms with E-state index in [1.807, 2.05) is 6.07 Å². The molecule has 0 heterocycles. The second-order valence-electron chi connectivity index (χ2n) is 7.52. The quantitative estimate of drug-likeness (QED) is 0.728. The molecule has 0 aromatic heterocycles. The number of carbonyl (C=O) groups is 1. The van der Waals surface area contributed by atoms with Crippen molar-refractivity contribution in [1.29, 1.82) is 0 Å². The molecule has 0 saturated carbocycles. The topological polar surface area (TPSA) is 49.4 Å². The smallest absolute Gasteiger partial charge is 0.138 e. The highest BCUT2D eigenvalue weighted by molar-refractivity contribution is 5.70. The molecule has 0 radical (unpaired) electrons. The van der Waals surface area contributed by atoms with Crippen LogP contribution in [0.5, 0.6) is 5.75 Å². The Morgan fingerprint density at radius 3 is 2.09 bits per heavy atom. The van der Waals surface area contributed by atoms with Crippen LogP contribution in [0.2, 0.25) is 0 Å². The van der Waals surface area contributed by atoms with E-state index in [0.717, 1.165) is 18.4 Å². The normalized spacial score (nSPS) is 13.7. The molecule has 130 valence electrons. The van der Waals surface area contributed by atoms with Crippen LogP contribution < -0.4 is 9.84 Å². The molecule has 0 saturated heterocycles. The molecular formula is C20H31O3-. The molecule has 0 aliphatic heterocycles. The molecule has 0 unspecified atom stereocenters. The second kappa shape index (κ2) is 7.37. The summed E-state index contributed by atoms with van der Waals surface area (Å²) < 4.78 is 5.78. The first kappa shape index (κ1) is 19.5. The van der Waals surface area contributed by atoms with Gasteiger partial charge in [0.15, 0.2) is 0 Å². The number of carbonyl (C=O) groups excluding carboxylic acids is 1. The minimum Gasteiger partial charge on any atom is -0.546 e. The SMILES string of the molecule is CC[C@@H](Oc1ccc(C(C)(C)CC)cc1C(C)(C)CC)C(=O)[O-]. The van der Waals surface area contributed by atoms with E-state index in [4.69, 9.17) is 4.74 Å². The number of hydrogen-bond donors (Lipinski definition) is 0. The molecular weight excluding hydrogens is 288 g/mol. The molecule has 0 N–H and O–H groups in total. The van der Waals surface area contributed by atoms with Crippen molar-refractivity contribution in [1.82, 2.24) is 0 Å². The zero-order valence-electron chi connectivity index (χ0n) is 15.7. The predicted octanol–water partition coefficient (Wildman–Crippen LogP) is 3.97. The van der Waals surface area contributed by atoms with Gasteiger partial charge in [0.05, 0.1) is 5.97 Å². The zero-order chi connectivity index (χ0) is 17.8. The van der Waals surface area contributed by atoms with Crippen LogP contribution in [0.1, 0.15) is 78.9 Å². The number of hydrogen-bond acceptors (Lipinski definition) is 3. The van der Waals surface area contributed by atoms with Crippen LogP contribution in [0, 0.1) is 0 Å². The summed E-state index contributed by atoms with van der Waals surface area (Å²) in [5, 5.41) is 11.2. The highest BCUT2D eigenvalue weighted by Gasteiger charge is 2.27. The second-order valence-corrected chi connectivity index (χ2v) is 7.52. The minimum absolute atomic E-state index is 0.0790. The summed E-state index contributed by atoms with van der Waals surface area (Å²) in [6.07, 6.45) is 1.46. The van der Waals surface area contributed by atoms with E-state index in [2.05, 4.69) is 53.7 Å². The Kier molecular flexibility index (Phi) is 6.26. The lowest BCUT2D eigenvalue weighted by Gasteiger charge is -2.31. The molecule has 0 bridgehead atoms. The van der Waals surface area contributed by atoms with Gasteiger partial charge in [0, 0.05) is 5.56 Å². The summed E-state index contributed by atoms with van der Waals surface area (Å²) in [4.78, 5) is 11.2. The molecule has 0 aliphatic carbocycles. The van der Waals surface area contributed by atoms with Gasteiger partial charge in [-0.15, -0.1) is 0 Å². The largest absolute Gasteiger partial charge is 0.546 e. The number of ether oxygens (including phenoxy) is 1. The standard InChI is InChI=1S/C20H32O3/c1-8-16(18(21)22)23-17-12-11-14(19(4,5)9-2)13-15(17)20(6,7)10-3/h11-13,16H,8-10H2,1-7H3,(H,21,22)/p-1/t16-/m1/s1. The molecule has 0 spiro atoms. The maximum absolute atomic E-state index is 11.2. The maximum Gasteiger partial charge on any atom is 0.138 e. The van der Waals surface area contributed by atoms with Crippen molar-refractivity contribution in [3.8, 4) is 5.75 Å². The fourth-order valence-electron chi connectivity index (χ4n) is 2.43. The molecule has 1 aromatic rings. The van der Waals surface area contributed by atoms with Crippen LogP contribution in [0.15, 0.2) is 18.2 Å². The predicted molar refractivity (Wildman–Crippen MR) is 92.8 cm³/mol. The third-order valence-electron chi connectivity index (χ3n) is 5.16. The Morgan fingerprint density at radius 1 is 1.09 bits per heavy atom. The summed E-state index contributed by atoms with van der Waals surface area (Å²) in [7, 11) is 0. The molecule has 3 nitrogen and oxygen atoms in total. The lowest BCUT2D eigenvalue weighted by Crippen LogP contribution is -2.39. The molecule has 1 aromatic carbocycles. The number of carboxylic acids is 1. The number of rotatable bonds is 8. The van der Waals surface area contributed by atoms with Crippen molar-refractivity contribution < 1.29 is 14.6 Å². The zero-order valence-corrected chi connectivity index (χ0v) is 15.7. The van der Waals surface area contributed by atoms with Gasteiger partial charge in [0.1, 0.15) is 11.9 Å². The van der Waals surface area contributed by atoms with E-state index < -0.39 is 12.1 Å². The summed E-state index contributed by atoms with van der Waals surface area (Å²) >= 11 is 0. The van der Waals surface area contributed by atoms with Gasteiger partial charge in [-0.2, -0.15) is 0 Å². The molecule has 0 fully saturated rings. The number of aliphatic carboxylic acids is 1. The summed E-state index contributed by atoms with van der Waals surface area (Å²) in [5.74, 6) is -0.505. The lowest BCUT2D eigenvalue weighted by molar-refractivity contribution is -0.313. The van der Waals surface area contributed by atoms with Crippen LogP contribution in [0.25, 0.3) is 0 Å². The van der Waals surface area contributed by atoms with Gasteiger partial charge in [-0.3, -0.25) is 0 Å². The van der Waals surface area contributed by atoms with Crippen molar-refractivity contribution in [3.05, 3.63) is 29.3 Å². The summed E-state index contributed by atoms with van der Waals surface area (Å²) in [5.41, 5.74) is 2.32. The fraction of sp³-hybridized carbons (Fsp3) is 0.650. The van der Waals surface area contributed by atoms with E-state index in [-0.39, 0.29) is 10.8 Å². The van der Waals surface area contributed by atoms with Crippen molar-refractivity contribution in [2.24, 2.45) is 0 Å². The molecule has 0 aliphatic rings. The van der Waals surface area contributed by atoms with E-state index in [1.165, 1.54) is 5.56 Å². The first-order chi connectivity index (χ1) is 10.6. The molecule has 3 heteroatoms. The molecule has 1 atom stereocenters. The summed E-state index contributed by atoms with van der Waals surface area (Å²) in [6, 6.07) is 6.16. The first-order valence-corrected chi connectivity index (χ1v) is 8.61.